The summed E-state index contributed by atoms with van der Waals surface area (Å²) < 4.78 is 10.9. The zero-order valence-electron chi connectivity index (χ0n) is 30.6. The number of carbonyl (C=O) groups excluding carboxylic acids is 2. The average molecular weight is 645 g/mol. The van der Waals surface area contributed by atoms with Crippen LogP contribution in [0, 0.1) is 0 Å². The minimum absolute atomic E-state index is 0.345. The highest BCUT2D eigenvalue weighted by Crippen LogP contribution is 2.13. The Hall–Kier alpha value is -1.92. The molecule has 0 saturated carbocycles. The van der Waals surface area contributed by atoms with Gasteiger partial charge in [0.15, 0.2) is 0 Å². The van der Waals surface area contributed by atoms with E-state index in [0.717, 1.165) is 39.0 Å². The first-order valence-corrected chi connectivity index (χ1v) is 19.3. The van der Waals surface area contributed by atoms with Crippen molar-refractivity contribution in [1.29, 1.82) is 0 Å². The van der Waals surface area contributed by atoms with Gasteiger partial charge in [0.2, 0.25) is 0 Å². The molecule has 0 saturated heterocycles. The Morgan fingerprint density at radius 3 is 1.00 bits per heavy atom. The minimum atomic E-state index is -0.345. The van der Waals surface area contributed by atoms with Gasteiger partial charge in [0.1, 0.15) is 0 Å². The lowest BCUT2D eigenvalue weighted by molar-refractivity contribution is 0.0476. The SMILES string of the molecule is CCCCCCCCCCCCN(C)CCCOC(=O)c1ccc(C(=O)OCCCN(C)CCCCCCCCCCCC)cc1. The van der Waals surface area contributed by atoms with Gasteiger partial charge in [-0.15, -0.1) is 0 Å². The van der Waals surface area contributed by atoms with E-state index in [-0.39, 0.29) is 11.9 Å². The number of benzene rings is 1. The molecule has 0 fully saturated rings. The predicted octanol–water partition coefficient (Wildman–Crippen LogP) is 10.5. The number of esters is 2. The van der Waals surface area contributed by atoms with Gasteiger partial charge in [0, 0.05) is 13.1 Å². The minimum Gasteiger partial charge on any atom is -0.462 e. The number of nitrogens with zero attached hydrogens (tertiary/aromatic N) is 2. The van der Waals surface area contributed by atoms with Crippen molar-refractivity contribution in [1.82, 2.24) is 9.80 Å². The van der Waals surface area contributed by atoms with E-state index < -0.39 is 0 Å². The summed E-state index contributed by atoms with van der Waals surface area (Å²) in [6.45, 7) is 9.37. The molecule has 0 bridgehead atoms. The van der Waals surface area contributed by atoms with Crippen molar-refractivity contribution in [3.63, 3.8) is 0 Å². The Kier molecular flexibility index (Phi) is 27.8. The maximum absolute atomic E-state index is 12.4. The summed E-state index contributed by atoms with van der Waals surface area (Å²) in [5, 5.41) is 0. The number of hydrogen-bond donors (Lipinski definition) is 0. The zero-order valence-corrected chi connectivity index (χ0v) is 30.6. The fourth-order valence-electron chi connectivity index (χ4n) is 5.87. The van der Waals surface area contributed by atoms with E-state index in [4.69, 9.17) is 9.47 Å². The largest absolute Gasteiger partial charge is 0.462 e. The molecule has 0 heterocycles. The first kappa shape index (κ1) is 42.1. The smallest absolute Gasteiger partial charge is 0.338 e. The Labute approximate surface area is 284 Å². The van der Waals surface area contributed by atoms with Crippen molar-refractivity contribution >= 4 is 11.9 Å². The zero-order chi connectivity index (χ0) is 33.5. The number of unbranched alkanes of at least 4 members (excludes halogenated alkanes) is 18. The highest BCUT2D eigenvalue weighted by Gasteiger charge is 2.11. The van der Waals surface area contributed by atoms with E-state index in [2.05, 4.69) is 37.7 Å². The van der Waals surface area contributed by atoms with Gasteiger partial charge < -0.3 is 19.3 Å². The fraction of sp³-hybridized carbons (Fsp3) is 0.800. The van der Waals surface area contributed by atoms with Crippen molar-refractivity contribution < 1.29 is 19.1 Å². The lowest BCUT2D eigenvalue weighted by Gasteiger charge is -2.16. The molecule has 0 unspecified atom stereocenters. The standard InChI is InChI=1S/C40H72N2O4/c1-5-7-9-11-13-15-17-19-21-23-31-41(3)33-25-35-45-39(43)37-27-29-38(30-28-37)40(44)46-36-26-34-42(4)32-24-22-20-18-16-14-12-10-8-6-2/h27-30H,5-26,31-36H2,1-4H3. The molecule has 0 spiro atoms. The van der Waals surface area contributed by atoms with Crippen molar-refractivity contribution in [3.8, 4) is 0 Å². The van der Waals surface area contributed by atoms with Crippen LogP contribution in [-0.4, -0.2) is 75.2 Å². The first-order chi connectivity index (χ1) is 22.5. The van der Waals surface area contributed by atoms with Crippen LogP contribution in [0.2, 0.25) is 0 Å². The molecule has 0 amide bonds. The Morgan fingerprint density at radius 2 is 0.696 bits per heavy atom. The van der Waals surface area contributed by atoms with Crippen molar-refractivity contribution in [2.24, 2.45) is 0 Å². The van der Waals surface area contributed by atoms with Crippen LogP contribution in [0.3, 0.4) is 0 Å². The van der Waals surface area contributed by atoms with Crippen LogP contribution in [0.15, 0.2) is 24.3 Å². The molecule has 6 nitrogen and oxygen atoms in total. The lowest BCUT2D eigenvalue weighted by atomic mass is 10.1. The summed E-state index contributed by atoms with van der Waals surface area (Å²) in [4.78, 5) is 29.5. The summed E-state index contributed by atoms with van der Waals surface area (Å²) in [7, 11) is 4.29. The molecule has 266 valence electrons. The highest BCUT2D eigenvalue weighted by atomic mass is 16.5. The summed E-state index contributed by atoms with van der Waals surface area (Å²) >= 11 is 0. The first-order valence-electron chi connectivity index (χ1n) is 19.3. The van der Waals surface area contributed by atoms with Gasteiger partial charge in [-0.1, -0.05) is 129 Å². The van der Waals surface area contributed by atoms with E-state index in [9.17, 15) is 9.59 Å². The molecular formula is C40H72N2O4. The number of carbonyl (C=O) groups is 2. The van der Waals surface area contributed by atoms with Crippen LogP contribution in [0.4, 0.5) is 0 Å². The van der Waals surface area contributed by atoms with E-state index >= 15 is 0 Å². The Bertz CT molecular complexity index is 775. The molecule has 0 aliphatic heterocycles. The third kappa shape index (κ3) is 24.3. The predicted molar refractivity (Wildman–Crippen MR) is 195 cm³/mol. The molecule has 0 radical (unpaired) electrons. The van der Waals surface area contributed by atoms with Crippen LogP contribution in [0.5, 0.6) is 0 Å². The lowest BCUT2D eigenvalue weighted by Crippen LogP contribution is -2.22. The molecule has 0 atom stereocenters. The van der Waals surface area contributed by atoms with Crippen molar-refractivity contribution in [2.45, 2.75) is 155 Å². The molecule has 1 rings (SSSR count). The quantitative estimate of drug-likeness (QED) is 0.0574. The molecule has 6 heteroatoms. The maximum Gasteiger partial charge on any atom is 0.338 e. The third-order valence-electron chi connectivity index (χ3n) is 8.98. The normalized spacial score (nSPS) is 11.4. The van der Waals surface area contributed by atoms with E-state index in [0.29, 0.717) is 24.3 Å². The van der Waals surface area contributed by atoms with Gasteiger partial charge >= 0.3 is 11.9 Å². The second-order valence-corrected chi connectivity index (χ2v) is 13.5. The van der Waals surface area contributed by atoms with Crippen LogP contribution >= 0.6 is 0 Å². The van der Waals surface area contributed by atoms with E-state index in [1.54, 1.807) is 24.3 Å². The van der Waals surface area contributed by atoms with Gasteiger partial charge in [-0.05, 0) is 77.1 Å². The van der Waals surface area contributed by atoms with Crippen molar-refractivity contribution in [2.75, 3.05) is 53.5 Å². The van der Waals surface area contributed by atoms with Gasteiger partial charge in [-0.3, -0.25) is 0 Å². The molecule has 46 heavy (non-hydrogen) atoms. The number of ether oxygens (including phenoxy) is 2. The monoisotopic (exact) mass is 645 g/mol. The average Bonchev–Trinajstić information content (AvgIpc) is 3.06. The van der Waals surface area contributed by atoms with Gasteiger partial charge in [-0.2, -0.15) is 0 Å². The highest BCUT2D eigenvalue weighted by molar-refractivity contribution is 5.93. The fourth-order valence-corrected chi connectivity index (χ4v) is 5.87. The van der Waals surface area contributed by atoms with Gasteiger partial charge in [0.25, 0.3) is 0 Å². The Balaban J connectivity index is 2.04. The van der Waals surface area contributed by atoms with Crippen LogP contribution in [0.1, 0.15) is 176 Å². The second-order valence-electron chi connectivity index (χ2n) is 13.5. The third-order valence-corrected chi connectivity index (χ3v) is 8.98. The van der Waals surface area contributed by atoms with Crippen molar-refractivity contribution in [3.05, 3.63) is 35.4 Å². The van der Waals surface area contributed by atoms with Gasteiger partial charge in [0.05, 0.1) is 24.3 Å². The summed E-state index contributed by atoms with van der Waals surface area (Å²) in [6.07, 6.45) is 28.7. The molecule has 1 aromatic rings. The molecule has 0 aliphatic carbocycles. The molecule has 0 aliphatic rings. The molecule has 1 aromatic carbocycles. The number of hydrogen-bond acceptors (Lipinski definition) is 6. The number of rotatable bonds is 32. The topological polar surface area (TPSA) is 59.1 Å². The molecular weight excluding hydrogens is 572 g/mol. The maximum atomic E-state index is 12.4. The molecule has 0 N–H and O–H groups in total. The summed E-state index contributed by atoms with van der Waals surface area (Å²) in [6, 6.07) is 6.60. The Morgan fingerprint density at radius 1 is 0.435 bits per heavy atom. The second kappa shape index (κ2) is 30.4. The summed E-state index contributed by atoms with van der Waals surface area (Å²) in [5.41, 5.74) is 0.924. The van der Waals surface area contributed by atoms with E-state index in [1.807, 2.05) is 0 Å². The van der Waals surface area contributed by atoms with Gasteiger partial charge in [-0.25, -0.2) is 9.59 Å². The van der Waals surface area contributed by atoms with Crippen LogP contribution in [0.25, 0.3) is 0 Å². The summed E-state index contributed by atoms with van der Waals surface area (Å²) in [5.74, 6) is -0.689. The molecule has 0 aromatic heterocycles. The van der Waals surface area contributed by atoms with Crippen LogP contribution < -0.4 is 0 Å². The van der Waals surface area contributed by atoms with E-state index in [1.165, 1.54) is 128 Å². The van der Waals surface area contributed by atoms with Crippen LogP contribution in [-0.2, 0) is 9.47 Å².